The zero-order valence-corrected chi connectivity index (χ0v) is 36.6. The Balaban J connectivity index is 0.944. The van der Waals surface area contributed by atoms with Gasteiger partial charge in [-0.05, 0) is 129 Å². The van der Waals surface area contributed by atoms with Crippen LogP contribution in [-0.2, 0) is 0 Å². The lowest BCUT2D eigenvalue weighted by Gasteiger charge is -2.29. The van der Waals surface area contributed by atoms with Crippen molar-refractivity contribution in [2.45, 2.75) is 0 Å². The normalized spacial score (nSPS) is 11.6. The van der Waals surface area contributed by atoms with Crippen LogP contribution in [0, 0.1) is 0 Å². The van der Waals surface area contributed by atoms with E-state index >= 15 is 0 Å². The molecule has 0 fully saturated rings. The number of furan rings is 1. The molecule has 0 aliphatic rings. The van der Waals surface area contributed by atoms with Gasteiger partial charge >= 0.3 is 0 Å². The summed E-state index contributed by atoms with van der Waals surface area (Å²) in [7, 11) is 0. The van der Waals surface area contributed by atoms with Gasteiger partial charge in [0.05, 0.1) is 16.7 Å². The van der Waals surface area contributed by atoms with Crippen LogP contribution in [-0.4, -0.2) is 4.57 Å². The van der Waals surface area contributed by atoms with Gasteiger partial charge in [-0.25, -0.2) is 0 Å². The van der Waals surface area contributed by atoms with Crippen molar-refractivity contribution in [3.63, 3.8) is 0 Å². The molecule has 2 heterocycles. The molecule has 0 aliphatic carbocycles. The van der Waals surface area contributed by atoms with Gasteiger partial charge in [0.2, 0.25) is 0 Å². The standard InChI is InChI=1S/C64H42N2O/c1-2-14-46(15-3-1)55-37-31-50(49-26-25-43-13-4-5-16-47(43)39-49)41-62(55)65(53-35-29-45(30-36-53)51-32-38-59-58-21-8-11-24-63(58)67-64(59)42-51)52-33-27-44(28-34-52)48-17-12-18-54(40-48)66-60-22-9-6-19-56(60)57-20-7-10-23-61(57)66/h1-42H. The molecule has 0 unspecified atom stereocenters. The van der Waals surface area contributed by atoms with Crippen molar-refractivity contribution in [3.8, 4) is 50.2 Å². The van der Waals surface area contributed by atoms with Crippen LogP contribution in [0.1, 0.15) is 0 Å². The number of aromatic nitrogens is 1. The Kier molecular flexibility index (Phi) is 9.17. The summed E-state index contributed by atoms with van der Waals surface area (Å²) >= 11 is 0. The Labute approximate surface area is 388 Å². The lowest BCUT2D eigenvalue weighted by molar-refractivity contribution is 0.669. The fraction of sp³-hybridized carbons (Fsp3) is 0. The van der Waals surface area contributed by atoms with Crippen molar-refractivity contribution < 1.29 is 4.42 Å². The number of rotatable bonds is 8. The predicted octanol–water partition coefficient (Wildman–Crippen LogP) is 18.0. The molecule has 67 heavy (non-hydrogen) atoms. The summed E-state index contributed by atoms with van der Waals surface area (Å²) in [5, 5.41) is 7.23. The van der Waals surface area contributed by atoms with E-state index in [9.17, 15) is 0 Å². The van der Waals surface area contributed by atoms with Crippen molar-refractivity contribution in [2.24, 2.45) is 0 Å². The molecule has 11 aromatic carbocycles. The van der Waals surface area contributed by atoms with E-state index in [-0.39, 0.29) is 0 Å². The third-order valence-corrected chi connectivity index (χ3v) is 13.4. The minimum atomic E-state index is 0.892. The molecule has 0 radical (unpaired) electrons. The van der Waals surface area contributed by atoms with Gasteiger partial charge in [-0.3, -0.25) is 0 Å². The second kappa shape index (κ2) is 16.0. The molecule has 2 aromatic heterocycles. The fourth-order valence-corrected chi connectivity index (χ4v) is 10.1. The Hall–Kier alpha value is -8.92. The molecule has 0 N–H and O–H groups in total. The molecule has 0 atom stereocenters. The van der Waals surface area contributed by atoms with Gasteiger partial charge in [0.15, 0.2) is 0 Å². The molecule has 13 rings (SSSR count). The average molecular weight is 855 g/mol. The van der Waals surface area contributed by atoms with E-state index in [1.807, 2.05) is 12.1 Å². The number of fused-ring (bicyclic) bond motifs is 7. The van der Waals surface area contributed by atoms with Crippen LogP contribution in [0.15, 0.2) is 259 Å². The Morgan fingerprint density at radius 1 is 0.299 bits per heavy atom. The highest BCUT2D eigenvalue weighted by Crippen LogP contribution is 2.45. The maximum atomic E-state index is 6.31. The number of anilines is 3. The maximum absolute atomic E-state index is 6.31. The lowest BCUT2D eigenvalue weighted by atomic mass is 9.95. The molecule has 0 bridgehead atoms. The van der Waals surface area contributed by atoms with Gasteiger partial charge in [-0.2, -0.15) is 0 Å². The van der Waals surface area contributed by atoms with Gasteiger partial charge in [-0.1, -0.05) is 176 Å². The molecule has 3 nitrogen and oxygen atoms in total. The van der Waals surface area contributed by atoms with E-state index < -0.39 is 0 Å². The van der Waals surface area contributed by atoms with Crippen LogP contribution in [0.3, 0.4) is 0 Å². The highest BCUT2D eigenvalue weighted by atomic mass is 16.3. The van der Waals surface area contributed by atoms with Gasteiger partial charge in [0.25, 0.3) is 0 Å². The highest BCUT2D eigenvalue weighted by molar-refractivity contribution is 6.09. The highest BCUT2D eigenvalue weighted by Gasteiger charge is 2.20. The molecule has 0 saturated heterocycles. The first kappa shape index (κ1) is 38.5. The number of hydrogen-bond donors (Lipinski definition) is 0. The Morgan fingerprint density at radius 2 is 0.821 bits per heavy atom. The van der Waals surface area contributed by atoms with E-state index in [0.717, 1.165) is 83.6 Å². The summed E-state index contributed by atoms with van der Waals surface area (Å²) in [4.78, 5) is 2.41. The van der Waals surface area contributed by atoms with Crippen molar-refractivity contribution in [1.82, 2.24) is 4.57 Å². The second-order valence-electron chi connectivity index (χ2n) is 17.3. The molecule has 3 heteroatoms. The van der Waals surface area contributed by atoms with Crippen molar-refractivity contribution in [3.05, 3.63) is 255 Å². The van der Waals surface area contributed by atoms with E-state index in [2.05, 4.69) is 252 Å². The molecule has 0 spiro atoms. The Bertz CT molecular complexity index is 3920. The topological polar surface area (TPSA) is 21.3 Å². The minimum absolute atomic E-state index is 0.892. The van der Waals surface area contributed by atoms with Crippen LogP contribution >= 0.6 is 0 Å². The molecular formula is C64H42N2O. The fourth-order valence-electron chi connectivity index (χ4n) is 10.1. The first-order valence-corrected chi connectivity index (χ1v) is 22.9. The minimum Gasteiger partial charge on any atom is -0.456 e. The second-order valence-corrected chi connectivity index (χ2v) is 17.3. The average Bonchev–Trinajstić information content (AvgIpc) is 3.95. The molecular weight excluding hydrogens is 813 g/mol. The number of benzene rings is 11. The number of para-hydroxylation sites is 3. The quantitative estimate of drug-likeness (QED) is 0.152. The van der Waals surface area contributed by atoms with E-state index in [1.54, 1.807) is 0 Å². The monoisotopic (exact) mass is 854 g/mol. The van der Waals surface area contributed by atoms with Gasteiger partial charge in [0.1, 0.15) is 11.2 Å². The first-order chi connectivity index (χ1) is 33.2. The molecule has 13 aromatic rings. The third kappa shape index (κ3) is 6.76. The Morgan fingerprint density at radius 3 is 1.55 bits per heavy atom. The molecule has 0 saturated carbocycles. The first-order valence-electron chi connectivity index (χ1n) is 22.9. The number of hydrogen-bond acceptors (Lipinski definition) is 2. The van der Waals surface area contributed by atoms with Crippen LogP contribution in [0.4, 0.5) is 17.1 Å². The summed E-state index contributed by atoms with van der Waals surface area (Å²) in [5.74, 6) is 0. The van der Waals surface area contributed by atoms with Gasteiger partial charge < -0.3 is 13.9 Å². The molecule has 0 amide bonds. The van der Waals surface area contributed by atoms with E-state index in [0.29, 0.717) is 0 Å². The largest absolute Gasteiger partial charge is 0.456 e. The van der Waals surface area contributed by atoms with Crippen LogP contribution < -0.4 is 4.90 Å². The summed E-state index contributed by atoms with van der Waals surface area (Å²) in [6, 6.07) is 92.1. The summed E-state index contributed by atoms with van der Waals surface area (Å²) < 4.78 is 8.70. The number of nitrogens with zero attached hydrogens (tertiary/aromatic N) is 2. The zero-order chi connectivity index (χ0) is 44.3. The van der Waals surface area contributed by atoms with Crippen molar-refractivity contribution >= 4 is 71.6 Å². The van der Waals surface area contributed by atoms with Crippen molar-refractivity contribution in [1.29, 1.82) is 0 Å². The third-order valence-electron chi connectivity index (χ3n) is 13.4. The van der Waals surface area contributed by atoms with Crippen LogP contribution in [0.5, 0.6) is 0 Å². The van der Waals surface area contributed by atoms with E-state index in [4.69, 9.17) is 4.42 Å². The summed E-state index contributed by atoms with van der Waals surface area (Å²) in [5.41, 5.74) is 17.7. The van der Waals surface area contributed by atoms with Gasteiger partial charge in [0, 0.05) is 44.2 Å². The summed E-state index contributed by atoms with van der Waals surface area (Å²) in [6.45, 7) is 0. The maximum Gasteiger partial charge on any atom is 0.136 e. The predicted molar refractivity (Wildman–Crippen MR) is 282 cm³/mol. The molecule has 0 aliphatic heterocycles. The van der Waals surface area contributed by atoms with Crippen LogP contribution in [0.25, 0.3) is 105 Å². The molecule has 314 valence electrons. The zero-order valence-electron chi connectivity index (χ0n) is 36.6. The van der Waals surface area contributed by atoms with E-state index in [1.165, 1.54) is 38.1 Å². The van der Waals surface area contributed by atoms with Gasteiger partial charge in [-0.15, -0.1) is 0 Å². The van der Waals surface area contributed by atoms with Crippen LogP contribution in [0.2, 0.25) is 0 Å². The SMILES string of the molecule is c1ccc(-c2ccc(-c3ccc4ccccc4c3)cc2N(c2ccc(-c3cccc(-n4c5ccccc5c5ccccc54)c3)cc2)c2ccc(-c3ccc4c(c3)oc3ccccc34)cc2)cc1. The van der Waals surface area contributed by atoms with Crippen molar-refractivity contribution in [2.75, 3.05) is 4.90 Å². The lowest BCUT2D eigenvalue weighted by Crippen LogP contribution is -2.11. The summed E-state index contributed by atoms with van der Waals surface area (Å²) in [6.07, 6.45) is 0. The smallest absolute Gasteiger partial charge is 0.136 e.